The number of hydrogen-bond donors (Lipinski definition) is 0. The van der Waals surface area contributed by atoms with E-state index in [1.165, 1.54) is 26.3 Å². The molecule has 166 valence electrons. The van der Waals surface area contributed by atoms with Crippen LogP contribution in [-0.2, 0) is 0 Å². The van der Waals surface area contributed by atoms with Gasteiger partial charge in [-0.25, -0.2) is 0 Å². The summed E-state index contributed by atoms with van der Waals surface area (Å²) in [6.07, 6.45) is 0. The van der Waals surface area contributed by atoms with Gasteiger partial charge in [-0.1, -0.05) is 0 Å². The summed E-state index contributed by atoms with van der Waals surface area (Å²) >= 11 is 0.681. The fraction of sp³-hybridized carbons (Fsp3) is 0.0667. The Kier molecular flexibility index (Phi) is 6.54. The molecule has 5 aromatic rings. The monoisotopic (exact) mass is 652 g/mol. The first-order valence-electron chi connectivity index (χ1n) is 11.5. The van der Waals surface area contributed by atoms with Crippen LogP contribution in [0.4, 0.5) is 0 Å². The molecule has 1 heterocycles. The van der Waals surface area contributed by atoms with Crippen LogP contribution in [0.25, 0.3) is 11.4 Å². The van der Waals surface area contributed by atoms with Gasteiger partial charge in [-0.3, -0.25) is 0 Å². The molecule has 0 N–H and O–H groups in total. The van der Waals surface area contributed by atoms with Crippen LogP contribution in [-0.4, -0.2) is 42.8 Å². The van der Waals surface area contributed by atoms with Crippen molar-refractivity contribution < 1.29 is 0 Å². The van der Waals surface area contributed by atoms with Gasteiger partial charge in [0.2, 0.25) is 0 Å². The van der Waals surface area contributed by atoms with Crippen molar-refractivity contribution in [2.75, 3.05) is 0 Å². The van der Waals surface area contributed by atoms with Crippen molar-refractivity contribution in [2.24, 2.45) is 0 Å². The third kappa shape index (κ3) is 4.17. The molecular formula is C30H27BiN2Si. The zero-order valence-electron chi connectivity index (χ0n) is 19.4. The summed E-state index contributed by atoms with van der Waals surface area (Å²) in [6.45, 7) is 4.23. The standard InChI is InChI=1S/C30H25N2Si.Bi.2H/c1-23-18-19-28(22-29(23)30-31-21-20-24(2)32-30)33(25-12-6-3-7-13-25,26-14-8-4-9-15-26)27-16-10-5-11-17-27;;;/h3-20,22H,1-2H3;;;. The van der Waals surface area contributed by atoms with Gasteiger partial charge in [-0.2, -0.15) is 0 Å². The molecular weight excluding hydrogens is 625 g/mol. The predicted octanol–water partition coefficient (Wildman–Crippen LogP) is 2.40. The minimum absolute atomic E-state index is 0.681. The van der Waals surface area contributed by atoms with Gasteiger partial charge in [0, 0.05) is 0 Å². The first-order chi connectivity index (χ1) is 16.6. The zero-order chi connectivity index (χ0) is 23.5. The van der Waals surface area contributed by atoms with Crippen molar-refractivity contribution in [1.29, 1.82) is 0 Å². The van der Waals surface area contributed by atoms with Crippen LogP contribution in [0.2, 0.25) is 0 Å². The molecule has 0 fully saturated rings. The Bertz CT molecular complexity index is 1300. The van der Waals surface area contributed by atoms with E-state index < -0.39 is 8.07 Å². The molecule has 0 aliphatic rings. The van der Waals surface area contributed by atoms with E-state index >= 15 is 0 Å². The van der Waals surface area contributed by atoms with Crippen LogP contribution in [0.1, 0.15) is 11.3 Å². The second-order valence-corrected chi connectivity index (χ2v) is 14.7. The molecule has 5 rings (SSSR count). The Labute approximate surface area is 217 Å². The molecule has 2 nitrogen and oxygen atoms in total. The number of aryl methyl sites for hydroxylation is 2. The summed E-state index contributed by atoms with van der Waals surface area (Å²) < 4.78 is 1.16. The average Bonchev–Trinajstić information content (AvgIpc) is 2.87. The molecule has 1 aromatic heterocycles. The van der Waals surface area contributed by atoms with Crippen LogP contribution in [0.3, 0.4) is 0 Å². The number of benzene rings is 4. The summed E-state index contributed by atoms with van der Waals surface area (Å²) in [5, 5.41) is 5.46. The molecule has 0 unspecified atom stereocenters. The molecule has 0 aliphatic heterocycles. The Morgan fingerprint density at radius 2 is 1.06 bits per heavy atom. The molecule has 0 spiro atoms. The van der Waals surface area contributed by atoms with Gasteiger partial charge in [-0.05, 0) is 0 Å². The van der Waals surface area contributed by atoms with E-state index in [2.05, 4.69) is 129 Å². The van der Waals surface area contributed by atoms with E-state index in [0.29, 0.717) is 24.7 Å². The van der Waals surface area contributed by atoms with Gasteiger partial charge in [0.15, 0.2) is 0 Å². The quantitative estimate of drug-likeness (QED) is 0.216. The molecule has 4 aromatic carbocycles. The number of rotatable bonds is 5. The van der Waals surface area contributed by atoms with Gasteiger partial charge >= 0.3 is 219 Å². The van der Waals surface area contributed by atoms with Gasteiger partial charge in [0.25, 0.3) is 0 Å². The van der Waals surface area contributed by atoms with E-state index in [1.807, 2.05) is 0 Å². The maximum atomic E-state index is 4.88. The summed E-state index contributed by atoms with van der Waals surface area (Å²) in [7, 11) is -2.56. The van der Waals surface area contributed by atoms with Crippen molar-refractivity contribution in [3.05, 3.63) is 127 Å². The van der Waals surface area contributed by atoms with Crippen molar-refractivity contribution >= 4 is 56.9 Å². The van der Waals surface area contributed by atoms with Crippen LogP contribution in [0.15, 0.2) is 115 Å². The summed E-state index contributed by atoms with van der Waals surface area (Å²) in [5.41, 5.74) is 3.36. The van der Waals surface area contributed by atoms with Gasteiger partial charge in [-0.15, -0.1) is 0 Å². The van der Waals surface area contributed by atoms with Crippen LogP contribution >= 0.6 is 0 Å². The SMILES string of the molecule is Cc1c[c]([BiH2])nc(-c2cc([Si](c3ccccc3)(c3ccccc3)c3ccccc3)ccc2C)n1. The fourth-order valence-corrected chi connectivity index (χ4v) is 11.1. The van der Waals surface area contributed by atoms with Crippen LogP contribution in [0, 0.1) is 13.8 Å². The van der Waals surface area contributed by atoms with Crippen molar-refractivity contribution in [2.45, 2.75) is 13.8 Å². The van der Waals surface area contributed by atoms with E-state index in [-0.39, 0.29) is 0 Å². The second-order valence-electron chi connectivity index (χ2n) is 8.64. The van der Waals surface area contributed by atoms with Crippen LogP contribution in [0.5, 0.6) is 0 Å². The Morgan fingerprint density at radius 1 is 0.559 bits per heavy atom. The Hall–Kier alpha value is -2.94. The van der Waals surface area contributed by atoms with Crippen molar-refractivity contribution in [3.63, 3.8) is 0 Å². The topological polar surface area (TPSA) is 25.8 Å². The van der Waals surface area contributed by atoms with E-state index in [1.54, 1.807) is 0 Å². The first-order valence-corrected chi connectivity index (χ1v) is 15.7. The Morgan fingerprint density at radius 3 is 1.53 bits per heavy atom. The number of nitrogens with zero attached hydrogens (tertiary/aromatic N) is 2. The van der Waals surface area contributed by atoms with E-state index in [9.17, 15) is 0 Å². The zero-order valence-corrected chi connectivity index (χ0v) is 24.9. The molecule has 0 atom stereocenters. The third-order valence-electron chi connectivity index (χ3n) is 6.41. The summed E-state index contributed by atoms with van der Waals surface area (Å²) in [4.78, 5) is 9.72. The average molecular weight is 653 g/mol. The molecule has 34 heavy (non-hydrogen) atoms. The van der Waals surface area contributed by atoms with Crippen LogP contribution < -0.4 is 24.1 Å². The second kappa shape index (κ2) is 9.74. The molecule has 0 saturated carbocycles. The summed E-state index contributed by atoms with van der Waals surface area (Å²) in [5.74, 6) is 0.842. The molecule has 0 amide bonds. The van der Waals surface area contributed by atoms with Gasteiger partial charge in [0.05, 0.1) is 0 Å². The van der Waals surface area contributed by atoms with Crippen molar-refractivity contribution in [3.8, 4) is 11.4 Å². The minimum atomic E-state index is -2.56. The molecule has 0 radical (unpaired) electrons. The Balaban J connectivity index is 1.87. The molecule has 0 bridgehead atoms. The number of aromatic nitrogens is 2. The van der Waals surface area contributed by atoms with Gasteiger partial charge in [0.1, 0.15) is 0 Å². The molecule has 4 heteroatoms. The van der Waals surface area contributed by atoms with Crippen molar-refractivity contribution in [1.82, 2.24) is 9.97 Å². The maximum absolute atomic E-state index is 4.88. The molecule has 0 saturated heterocycles. The van der Waals surface area contributed by atoms with E-state index in [4.69, 9.17) is 9.97 Å². The fourth-order valence-electron chi connectivity index (χ4n) is 4.87. The van der Waals surface area contributed by atoms with E-state index in [0.717, 1.165) is 20.5 Å². The van der Waals surface area contributed by atoms with Gasteiger partial charge < -0.3 is 0 Å². The first kappa shape index (κ1) is 22.8. The molecule has 0 aliphatic carbocycles. The number of hydrogen-bond acceptors (Lipinski definition) is 2. The summed E-state index contributed by atoms with van der Waals surface area (Å²) in [6, 6.07) is 42.1. The predicted molar refractivity (Wildman–Crippen MR) is 149 cm³/mol. The third-order valence-corrected chi connectivity index (χ3v) is 12.3. The normalized spacial score (nSPS) is 11.4.